The monoisotopic (exact) mass is 376 g/mol. The third-order valence-corrected chi connectivity index (χ3v) is 10.00. The topological polar surface area (TPSA) is 29.5 Å². The molecule has 0 saturated heterocycles. The van der Waals surface area contributed by atoms with E-state index in [9.17, 15) is 5.11 Å². The predicted octanol–water partition coefficient (Wildman–Crippen LogP) is 4.68. The summed E-state index contributed by atoms with van der Waals surface area (Å²) in [6.45, 7) is 8.58. The van der Waals surface area contributed by atoms with Crippen LogP contribution in [-0.4, -0.2) is 13.4 Å². The van der Waals surface area contributed by atoms with Gasteiger partial charge in [-0.1, -0.05) is 93.6 Å². The molecule has 0 aromatic heterocycles. The van der Waals surface area contributed by atoms with E-state index >= 15 is 0 Å². The van der Waals surface area contributed by atoms with Gasteiger partial charge in [-0.15, -0.1) is 0 Å². The first kappa shape index (κ1) is 19.4. The van der Waals surface area contributed by atoms with Crippen molar-refractivity contribution in [2.75, 3.05) is 0 Å². The Morgan fingerprint density at radius 3 is 1.56 bits per heavy atom. The van der Waals surface area contributed by atoms with Crippen LogP contribution < -0.4 is 14.8 Å². The van der Waals surface area contributed by atoms with Crippen molar-refractivity contribution in [2.45, 2.75) is 38.8 Å². The minimum Gasteiger partial charge on any atom is -0.534 e. The largest absolute Gasteiger partial charge is 0.534 e. The molecule has 0 fully saturated rings. The van der Waals surface area contributed by atoms with Gasteiger partial charge in [0.2, 0.25) is 0 Å². The summed E-state index contributed by atoms with van der Waals surface area (Å²) in [6.07, 6.45) is -0.480. The Morgan fingerprint density at radius 2 is 1.19 bits per heavy atom. The van der Waals surface area contributed by atoms with Crippen LogP contribution in [0.1, 0.15) is 39.4 Å². The lowest BCUT2D eigenvalue weighted by atomic mass is 10.1. The quantitative estimate of drug-likeness (QED) is 0.655. The van der Waals surface area contributed by atoms with Crippen LogP contribution in [0.4, 0.5) is 0 Å². The molecule has 0 bridgehead atoms. The Hall–Kier alpha value is -2.36. The van der Waals surface area contributed by atoms with Crippen molar-refractivity contribution in [2.24, 2.45) is 0 Å². The van der Waals surface area contributed by atoms with Gasteiger partial charge in [0.05, 0.1) is 6.10 Å². The normalized spacial score (nSPS) is 13.2. The molecular weight excluding hydrogens is 348 g/mol. The Balaban J connectivity index is 2.17. The zero-order chi connectivity index (χ0) is 19.5. The summed E-state index contributed by atoms with van der Waals surface area (Å²) in [4.78, 5) is 0. The Kier molecular flexibility index (Phi) is 5.54. The van der Waals surface area contributed by atoms with E-state index in [0.29, 0.717) is 0 Å². The first-order valence-corrected chi connectivity index (χ1v) is 11.3. The Bertz CT molecular complexity index is 811. The fraction of sp³-hybridized carbons (Fsp3) is 0.250. The van der Waals surface area contributed by atoms with E-state index in [4.69, 9.17) is 4.43 Å². The molecule has 3 rings (SSSR count). The van der Waals surface area contributed by atoms with Gasteiger partial charge in [-0.05, 0) is 40.0 Å². The van der Waals surface area contributed by atoms with Crippen LogP contribution in [0, 0.1) is 0 Å². The summed E-state index contributed by atoms with van der Waals surface area (Å²) in [5.74, 6) is 0.841. The van der Waals surface area contributed by atoms with E-state index in [2.05, 4.69) is 69.3 Å². The summed E-state index contributed by atoms with van der Waals surface area (Å²) >= 11 is 0. The molecule has 0 amide bonds. The molecule has 2 nitrogen and oxygen atoms in total. The first-order chi connectivity index (χ1) is 12.8. The van der Waals surface area contributed by atoms with Gasteiger partial charge in [-0.25, -0.2) is 0 Å². The van der Waals surface area contributed by atoms with Crippen LogP contribution in [0.3, 0.4) is 0 Å². The van der Waals surface area contributed by atoms with Crippen LogP contribution in [0.5, 0.6) is 5.75 Å². The highest BCUT2D eigenvalue weighted by Gasteiger charge is 2.52. The van der Waals surface area contributed by atoms with Crippen molar-refractivity contribution in [1.29, 1.82) is 0 Å². The van der Waals surface area contributed by atoms with Gasteiger partial charge in [0, 0.05) is 0 Å². The van der Waals surface area contributed by atoms with Gasteiger partial charge in [-0.2, -0.15) is 0 Å². The molecule has 140 valence electrons. The van der Waals surface area contributed by atoms with Crippen molar-refractivity contribution in [1.82, 2.24) is 0 Å². The highest BCUT2D eigenvalue weighted by Crippen LogP contribution is 2.37. The maximum Gasteiger partial charge on any atom is 0.319 e. The zero-order valence-electron chi connectivity index (χ0n) is 16.5. The Labute approximate surface area is 163 Å². The van der Waals surface area contributed by atoms with Crippen molar-refractivity contribution in [3.05, 3.63) is 90.5 Å². The molecule has 1 N–H and O–H groups in total. The molecule has 0 heterocycles. The van der Waals surface area contributed by atoms with Crippen LogP contribution in [0.2, 0.25) is 5.04 Å². The summed E-state index contributed by atoms with van der Waals surface area (Å²) in [7, 11) is -2.60. The van der Waals surface area contributed by atoms with Gasteiger partial charge < -0.3 is 9.53 Å². The number of aliphatic hydroxyl groups excluding tert-OH is 1. The average Bonchev–Trinajstić information content (AvgIpc) is 2.67. The molecule has 0 aliphatic carbocycles. The molecule has 0 aliphatic rings. The maximum atomic E-state index is 9.80. The minimum atomic E-state index is -2.60. The second kappa shape index (κ2) is 7.71. The van der Waals surface area contributed by atoms with Crippen molar-refractivity contribution >= 4 is 18.7 Å². The molecule has 0 spiro atoms. The first-order valence-electron chi connectivity index (χ1n) is 9.43. The van der Waals surface area contributed by atoms with Gasteiger partial charge in [0.15, 0.2) is 0 Å². The van der Waals surface area contributed by atoms with Crippen LogP contribution in [0.15, 0.2) is 84.9 Å². The SMILES string of the molecule is CC(O)c1ccc(O[Si](c2ccccc2)(c2ccccc2)C(C)(C)C)cc1. The van der Waals surface area contributed by atoms with E-state index < -0.39 is 14.4 Å². The van der Waals surface area contributed by atoms with E-state index in [1.165, 1.54) is 10.4 Å². The molecule has 0 aliphatic heterocycles. The number of hydrogen-bond donors (Lipinski definition) is 1. The van der Waals surface area contributed by atoms with Crippen molar-refractivity contribution < 1.29 is 9.53 Å². The average molecular weight is 377 g/mol. The van der Waals surface area contributed by atoms with E-state index in [-0.39, 0.29) is 5.04 Å². The highest BCUT2D eigenvalue weighted by atomic mass is 28.4. The summed E-state index contributed by atoms with van der Waals surface area (Å²) in [6, 6.07) is 29.0. The summed E-state index contributed by atoms with van der Waals surface area (Å²) in [5, 5.41) is 12.2. The Morgan fingerprint density at radius 1 is 0.741 bits per heavy atom. The summed E-state index contributed by atoms with van der Waals surface area (Å²) < 4.78 is 6.93. The maximum absolute atomic E-state index is 9.80. The van der Waals surface area contributed by atoms with E-state index in [1.807, 2.05) is 36.4 Å². The fourth-order valence-electron chi connectivity index (χ4n) is 3.64. The van der Waals surface area contributed by atoms with Crippen LogP contribution in [-0.2, 0) is 0 Å². The molecular formula is C24H28O2Si. The van der Waals surface area contributed by atoms with Crippen molar-refractivity contribution in [3.63, 3.8) is 0 Å². The zero-order valence-corrected chi connectivity index (χ0v) is 17.5. The smallest absolute Gasteiger partial charge is 0.319 e. The van der Waals surface area contributed by atoms with E-state index in [1.54, 1.807) is 6.92 Å². The number of rotatable bonds is 5. The molecule has 3 aromatic rings. The molecule has 0 saturated carbocycles. The molecule has 1 atom stereocenters. The fourth-order valence-corrected chi connectivity index (χ4v) is 8.06. The lowest BCUT2D eigenvalue weighted by Gasteiger charge is -2.43. The second-order valence-corrected chi connectivity index (χ2v) is 12.2. The molecule has 1 unspecified atom stereocenters. The number of aliphatic hydroxyl groups is 1. The van der Waals surface area contributed by atoms with Crippen molar-refractivity contribution in [3.8, 4) is 5.75 Å². The third-order valence-electron chi connectivity index (χ3n) is 5.05. The lowest BCUT2D eigenvalue weighted by molar-refractivity contribution is 0.199. The minimum absolute atomic E-state index is 0.0708. The van der Waals surface area contributed by atoms with Gasteiger partial charge in [-0.3, -0.25) is 0 Å². The molecule has 0 radical (unpaired) electrons. The van der Waals surface area contributed by atoms with Gasteiger partial charge >= 0.3 is 8.32 Å². The van der Waals surface area contributed by atoms with Crippen LogP contribution >= 0.6 is 0 Å². The van der Waals surface area contributed by atoms with Crippen LogP contribution in [0.25, 0.3) is 0 Å². The second-order valence-electron chi connectivity index (χ2n) is 8.01. The standard InChI is InChI=1S/C24H28O2Si/c1-19(25)20-15-17-21(18-16-20)26-27(24(2,3)4,22-11-7-5-8-12-22)23-13-9-6-10-14-23/h5-19,25H,1-4H3. The molecule has 3 heteroatoms. The third kappa shape index (κ3) is 3.85. The summed E-state index contributed by atoms with van der Waals surface area (Å²) in [5.41, 5.74) is 0.893. The molecule has 27 heavy (non-hydrogen) atoms. The lowest BCUT2D eigenvalue weighted by Crippen LogP contribution is -2.68. The van der Waals surface area contributed by atoms with Gasteiger partial charge in [0.1, 0.15) is 5.75 Å². The number of hydrogen-bond acceptors (Lipinski definition) is 2. The highest BCUT2D eigenvalue weighted by molar-refractivity contribution is 7.00. The predicted molar refractivity (Wildman–Crippen MR) is 115 cm³/mol. The molecule has 3 aromatic carbocycles. The van der Waals surface area contributed by atoms with E-state index in [0.717, 1.165) is 11.3 Å². The van der Waals surface area contributed by atoms with Gasteiger partial charge in [0.25, 0.3) is 0 Å². The number of benzene rings is 3.